The summed E-state index contributed by atoms with van der Waals surface area (Å²) >= 11 is 6.05. The summed E-state index contributed by atoms with van der Waals surface area (Å²) in [6, 6.07) is 5.61. The molecule has 23 heavy (non-hydrogen) atoms. The molecule has 1 aliphatic rings. The number of hydrogen-bond donors (Lipinski definition) is 2. The third kappa shape index (κ3) is 3.72. The Labute approximate surface area is 140 Å². The summed E-state index contributed by atoms with van der Waals surface area (Å²) in [6.45, 7) is 3.25. The molecule has 0 bridgehead atoms. The van der Waals surface area contributed by atoms with Gasteiger partial charge in [0.1, 0.15) is 11.6 Å². The maximum Gasteiger partial charge on any atom is 0.223 e. The second-order valence-corrected chi connectivity index (χ2v) is 6.29. The molecule has 0 atom stereocenters. The molecule has 0 saturated heterocycles. The molecule has 2 N–H and O–H groups in total. The van der Waals surface area contributed by atoms with Gasteiger partial charge < -0.3 is 10.6 Å². The molecule has 1 saturated carbocycles. The lowest BCUT2D eigenvalue weighted by molar-refractivity contribution is -0.127. The van der Waals surface area contributed by atoms with E-state index in [-0.39, 0.29) is 11.8 Å². The molecule has 1 fully saturated rings. The summed E-state index contributed by atoms with van der Waals surface area (Å²) in [7, 11) is 0. The van der Waals surface area contributed by atoms with Gasteiger partial charge in [0.2, 0.25) is 5.91 Å². The number of amides is 1. The lowest BCUT2D eigenvalue weighted by atomic mass is 9.85. The number of rotatable bonds is 6. The smallest absolute Gasteiger partial charge is 0.223 e. The first-order valence-corrected chi connectivity index (χ1v) is 8.53. The second kappa shape index (κ2) is 7.13. The van der Waals surface area contributed by atoms with Crippen molar-refractivity contribution in [3.05, 3.63) is 29.0 Å². The lowest BCUT2D eigenvalue weighted by Crippen LogP contribution is -2.37. The number of fused-ring (bicyclic) bond motifs is 1. The minimum atomic E-state index is 0.173. The van der Waals surface area contributed by atoms with Crippen molar-refractivity contribution in [2.24, 2.45) is 5.92 Å². The van der Waals surface area contributed by atoms with Crippen LogP contribution in [-0.2, 0) is 11.2 Å². The minimum absolute atomic E-state index is 0.173. The largest absolute Gasteiger partial charge is 0.368 e. The van der Waals surface area contributed by atoms with E-state index in [2.05, 4.69) is 20.6 Å². The van der Waals surface area contributed by atoms with Crippen LogP contribution in [0.2, 0.25) is 5.02 Å². The highest BCUT2D eigenvalue weighted by atomic mass is 35.5. The molecule has 3 rings (SSSR count). The fourth-order valence-corrected chi connectivity index (χ4v) is 2.79. The van der Waals surface area contributed by atoms with Gasteiger partial charge in [-0.3, -0.25) is 4.79 Å². The summed E-state index contributed by atoms with van der Waals surface area (Å²) in [5.74, 6) is 1.97. The number of hydrogen-bond acceptors (Lipinski definition) is 4. The molecule has 1 aromatic heterocycles. The van der Waals surface area contributed by atoms with E-state index < -0.39 is 0 Å². The summed E-state index contributed by atoms with van der Waals surface area (Å²) < 4.78 is 0. The predicted molar refractivity (Wildman–Crippen MR) is 92.8 cm³/mol. The first kappa shape index (κ1) is 16.0. The van der Waals surface area contributed by atoms with Crippen molar-refractivity contribution in [2.75, 3.05) is 18.4 Å². The normalized spacial score (nSPS) is 14.5. The second-order valence-electron chi connectivity index (χ2n) is 5.85. The molecule has 1 aromatic carbocycles. The average Bonchev–Trinajstić information content (AvgIpc) is 2.48. The standard InChI is InChI=1S/C17H21ClN4O/c1-2-15-21-14-10-12(18)6-7-13(14)16(22-15)19-8-9-20-17(23)11-4-3-5-11/h6-7,10-11H,2-5,8-9H2,1H3,(H,20,23)(H,19,21,22). The van der Waals surface area contributed by atoms with Gasteiger partial charge in [-0.2, -0.15) is 0 Å². The van der Waals surface area contributed by atoms with Crippen LogP contribution in [0.4, 0.5) is 5.82 Å². The van der Waals surface area contributed by atoms with Gasteiger partial charge in [-0.05, 0) is 31.0 Å². The Morgan fingerprint density at radius 2 is 2.13 bits per heavy atom. The topological polar surface area (TPSA) is 66.9 Å². The zero-order chi connectivity index (χ0) is 16.2. The Bertz CT molecular complexity index is 715. The highest BCUT2D eigenvalue weighted by Gasteiger charge is 2.24. The molecular weight excluding hydrogens is 312 g/mol. The highest BCUT2D eigenvalue weighted by Crippen LogP contribution is 2.26. The molecular formula is C17H21ClN4O. The van der Waals surface area contributed by atoms with Crippen molar-refractivity contribution in [2.45, 2.75) is 32.6 Å². The van der Waals surface area contributed by atoms with Crippen molar-refractivity contribution < 1.29 is 4.79 Å². The van der Waals surface area contributed by atoms with Crippen LogP contribution in [-0.4, -0.2) is 29.0 Å². The van der Waals surface area contributed by atoms with Gasteiger partial charge in [0, 0.05) is 35.8 Å². The van der Waals surface area contributed by atoms with Crippen LogP contribution in [0.1, 0.15) is 32.0 Å². The van der Waals surface area contributed by atoms with Crippen molar-refractivity contribution in [1.82, 2.24) is 15.3 Å². The van der Waals surface area contributed by atoms with Crippen molar-refractivity contribution in [1.29, 1.82) is 0 Å². The zero-order valence-electron chi connectivity index (χ0n) is 13.2. The summed E-state index contributed by atoms with van der Waals surface area (Å²) in [5, 5.41) is 7.88. The van der Waals surface area contributed by atoms with Gasteiger partial charge in [-0.15, -0.1) is 0 Å². The van der Waals surface area contributed by atoms with E-state index in [1.54, 1.807) is 0 Å². The third-order valence-corrected chi connectivity index (χ3v) is 4.45. The van der Waals surface area contributed by atoms with Crippen molar-refractivity contribution in [3.63, 3.8) is 0 Å². The molecule has 5 nitrogen and oxygen atoms in total. The quantitative estimate of drug-likeness (QED) is 0.797. The molecule has 122 valence electrons. The number of benzene rings is 1. The first-order valence-electron chi connectivity index (χ1n) is 8.15. The number of halogens is 1. The van der Waals surface area contributed by atoms with Gasteiger partial charge in [-0.25, -0.2) is 9.97 Å². The van der Waals surface area contributed by atoms with Crippen LogP contribution in [0, 0.1) is 5.92 Å². The minimum Gasteiger partial charge on any atom is -0.368 e. The number of carbonyl (C=O) groups is 1. The maximum atomic E-state index is 11.8. The summed E-state index contributed by atoms with van der Waals surface area (Å²) in [4.78, 5) is 20.9. The average molecular weight is 333 g/mol. The SMILES string of the molecule is CCc1nc(NCCNC(=O)C2CCC2)c2ccc(Cl)cc2n1. The summed E-state index contributed by atoms with van der Waals surface area (Å²) in [6.07, 6.45) is 3.98. The van der Waals surface area contributed by atoms with E-state index in [1.165, 1.54) is 6.42 Å². The molecule has 2 aromatic rings. The lowest BCUT2D eigenvalue weighted by Gasteiger charge is -2.24. The van der Waals surface area contributed by atoms with Crippen LogP contribution in [0.3, 0.4) is 0 Å². The number of nitrogens with one attached hydrogen (secondary N) is 2. The molecule has 1 amide bonds. The highest BCUT2D eigenvalue weighted by molar-refractivity contribution is 6.31. The van der Waals surface area contributed by atoms with Gasteiger partial charge in [-0.1, -0.05) is 24.9 Å². The van der Waals surface area contributed by atoms with Crippen LogP contribution in [0.25, 0.3) is 10.9 Å². The molecule has 0 aliphatic heterocycles. The van der Waals surface area contributed by atoms with E-state index >= 15 is 0 Å². The van der Waals surface area contributed by atoms with E-state index in [0.29, 0.717) is 18.1 Å². The van der Waals surface area contributed by atoms with E-state index in [1.807, 2.05) is 25.1 Å². The van der Waals surface area contributed by atoms with E-state index in [0.717, 1.165) is 41.8 Å². The van der Waals surface area contributed by atoms with Crippen molar-refractivity contribution in [3.8, 4) is 0 Å². The number of aryl methyl sites for hydroxylation is 1. The number of anilines is 1. The fraction of sp³-hybridized carbons (Fsp3) is 0.471. The van der Waals surface area contributed by atoms with Gasteiger partial charge >= 0.3 is 0 Å². The Kier molecular flexibility index (Phi) is 4.96. The number of aromatic nitrogens is 2. The monoisotopic (exact) mass is 332 g/mol. The molecule has 0 spiro atoms. The van der Waals surface area contributed by atoms with Crippen LogP contribution < -0.4 is 10.6 Å². The van der Waals surface area contributed by atoms with Crippen LogP contribution in [0.5, 0.6) is 0 Å². The van der Waals surface area contributed by atoms with Crippen molar-refractivity contribution >= 4 is 34.2 Å². The van der Waals surface area contributed by atoms with Gasteiger partial charge in [0.05, 0.1) is 5.52 Å². The molecule has 1 aliphatic carbocycles. The van der Waals surface area contributed by atoms with Gasteiger partial charge in [0.15, 0.2) is 0 Å². The Hall–Kier alpha value is -1.88. The van der Waals surface area contributed by atoms with Gasteiger partial charge in [0.25, 0.3) is 0 Å². The predicted octanol–water partition coefficient (Wildman–Crippen LogP) is 3.17. The fourth-order valence-electron chi connectivity index (χ4n) is 2.63. The number of nitrogens with zero attached hydrogens (tertiary/aromatic N) is 2. The Morgan fingerprint density at radius 1 is 1.30 bits per heavy atom. The maximum absolute atomic E-state index is 11.8. The molecule has 0 unspecified atom stereocenters. The summed E-state index contributed by atoms with van der Waals surface area (Å²) in [5.41, 5.74) is 0.838. The molecule has 0 radical (unpaired) electrons. The Morgan fingerprint density at radius 3 is 2.83 bits per heavy atom. The molecule has 6 heteroatoms. The Balaban J connectivity index is 1.65. The third-order valence-electron chi connectivity index (χ3n) is 4.21. The molecule has 1 heterocycles. The van der Waals surface area contributed by atoms with Crippen LogP contribution >= 0.6 is 11.6 Å². The first-order chi connectivity index (χ1) is 11.2. The van der Waals surface area contributed by atoms with Crippen LogP contribution in [0.15, 0.2) is 18.2 Å². The van der Waals surface area contributed by atoms with E-state index in [9.17, 15) is 4.79 Å². The zero-order valence-corrected chi connectivity index (χ0v) is 14.0. The number of carbonyl (C=O) groups excluding carboxylic acids is 1. The van der Waals surface area contributed by atoms with E-state index in [4.69, 9.17) is 11.6 Å².